The number of aryl methyl sites for hydroxylation is 1. The standard InChI is InChI=1S/C20H18F4N2O3S/c1-3-9-29-19(28)14(11-25)18-26(4-2)17(27)16(30-18)8-5-12-10-13(20(22,23)24)6-7-15(12)21/h3,6-7,10,16H,1,4-5,8-9H2,2H3/b18-14-. The van der Waals surface area contributed by atoms with Gasteiger partial charge < -0.3 is 9.64 Å². The molecule has 5 nitrogen and oxygen atoms in total. The lowest BCUT2D eigenvalue weighted by molar-refractivity contribution is -0.138. The maximum Gasteiger partial charge on any atom is 0.416 e. The van der Waals surface area contributed by atoms with Gasteiger partial charge in [0.05, 0.1) is 10.8 Å². The van der Waals surface area contributed by atoms with Crippen molar-refractivity contribution in [3.8, 4) is 6.07 Å². The zero-order chi connectivity index (χ0) is 22.5. The maximum absolute atomic E-state index is 14.0. The van der Waals surface area contributed by atoms with Gasteiger partial charge in [-0.1, -0.05) is 24.4 Å². The van der Waals surface area contributed by atoms with Gasteiger partial charge in [-0.15, -0.1) is 0 Å². The molecule has 0 aliphatic carbocycles. The number of thioether (sulfide) groups is 1. The van der Waals surface area contributed by atoms with E-state index < -0.39 is 34.7 Å². The number of benzene rings is 1. The van der Waals surface area contributed by atoms with Gasteiger partial charge in [0, 0.05) is 6.54 Å². The third-order valence-electron chi connectivity index (χ3n) is 4.27. The Labute approximate surface area is 175 Å². The number of amides is 1. The molecule has 0 saturated carbocycles. The second-order valence-corrected chi connectivity index (χ2v) is 7.40. The van der Waals surface area contributed by atoms with E-state index in [-0.39, 0.29) is 42.2 Å². The molecule has 1 aliphatic rings. The van der Waals surface area contributed by atoms with Crippen molar-refractivity contribution in [3.05, 3.63) is 58.4 Å². The summed E-state index contributed by atoms with van der Waals surface area (Å²) in [6.07, 6.45) is -3.37. The molecule has 0 radical (unpaired) electrons. The minimum absolute atomic E-state index is 0.0299. The zero-order valence-electron chi connectivity index (χ0n) is 16.0. The Kier molecular flexibility index (Phi) is 7.67. The summed E-state index contributed by atoms with van der Waals surface area (Å²) in [4.78, 5) is 26.0. The van der Waals surface area contributed by atoms with Crippen LogP contribution in [0.2, 0.25) is 0 Å². The van der Waals surface area contributed by atoms with Gasteiger partial charge in [0.15, 0.2) is 5.57 Å². The maximum atomic E-state index is 14.0. The van der Waals surface area contributed by atoms with Gasteiger partial charge in [-0.05, 0) is 43.5 Å². The quantitative estimate of drug-likeness (QED) is 0.208. The van der Waals surface area contributed by atoms with Crippen LogP contribution in [0.5, 0.6) is 0 Å². The highest BCUT2D eigenvalue weighted by molar-refractivity contribution is 8.04. The Morgan fingerprint density at radius 1 is 1.43 bits per heavy atom. The van der Waals surface area contributed by atoms with Crippen LogP contribution in [0.4, 0.5) is 17.6 Å². The molecule has 30 heavy (non-hydrogen) atoms. The third kappa shape index (κ3) is 5.21. The van der Waals surface area contributed by atoms with E-state index >= 15 is 0 Å². The minimum atomic E-state index is -4.61. The molecule has 160 valence electrons. The van der Waals surface area contributed by atoms with Crippen molar-refractivity contribution in [2.24, 2.45) is 0 Å². The fourth-order valence-electron chi connectivity index (χ4n) is 2.82. The predicted octanol–water partition coefficient (Wildman–Crippen LogP) is 4.21. The van der Waals surface area contributed by atoms with Gasteiger partial charge >= 0.3 is 12.1 Å². The number of hydrogen-bond acceptors (Lipinski definition) is 5. The highest BCUT2D eigenvalue weighted by atomic mass is 32.2. The summed E-state index contributed by atoms with van der Waals surface area (Å²) in [5.41, 5.74) is -1.48. The van der Waals surface area contributed by atoms with E-state index in [1.807, 2.05) is 0 Å². The number of halogens is 4. The van der Waals surface area contributed by atoms with Gasteiger partial charge in [-0.25, -0.2) is 9.18 Å². The van der Waals surface area contributed by atoms with Crippen molar-refractivity contribution >= 4 is 23.6 Å². The molecule has 1 aliphatic heterocycles. The first-order valence-electron chi connectivity index (χ1n) is 8.90. The summed E-state index contributed by atoms with van der Waals surface area (Å²) < 4.78 is 57.4. The van der Waals surface area contributed by atoms with Crippen LogP contribution in [-0.2, 0) is 26.9 Å². The lowest BCUT2D eigenvalue weighted by atomic mass is 10.0. The molecule has 0 N–H and O–H groups in total. The molecular weight excluding hydrogens is 424 g/mol. The normalized spacial score (nSPS) is 18.2. The van der Waals surface area contributed by atoms with Crippen LogP contribution in [0, 0.1) is 17.1 Å². The number of carbonyl (C=O) groups excluding carboxylic acids is 2. The Balaban J connectivity index is 2.24. The fraction of sp³-hybridized carbons (Fsp3) is 0.350. The molecule has 0 bridgehead atoms. The minimum Gasteiger partial charge on any atom is -0.457 e. The van der Waals surface area contributed by atoms with Crippen molar-refractivity contribution in [1.29, 1.82) is 5.26 Å². The molecule has 2 rings (SSSR count). The van der Waals surface area contributed by atoms with Crippen LogP contribution in [-0.4, -0.2) is 35.2 Å². The molecule has 1 unspecified atom stereocenters. The van der Waals surface area contributed by atoms with E-state index in [1.54, 1.807) is 13.0 Å². The summed E-state index contributed by atoms with van der Waals surface area (Å²) >= 11 is 0.943. The van der Waals surface area contributed by atoms with E-state index in [1.165, 1.54) is 11.0 Å². The van der Waals surface area contributed by atoms with Crippen molar-refractivity contribution in [3.63, 3.8) is 0 Å². The van der Waals surface area contributed by atoms with Crippen LogP contribution in [0.15, 0.2) is 41.5 Å². The van der Waals surface area contributed by atoms with Gasteiger partial charge in [0.2, 0.25) is 5.91 Å². The summed E-state index contributed by atoms with van der Waals surface area (Å²) in [7, 11) is 0. The van der Waals surface area contributed by atoms with Gasteiger partial charge in [0.25, 0.3) is 0 Å². The predicted molar refractivity (Wildman–Crippen MR) is 102 cm³/mol. The molecule has 1 heterocycles. The van der Waals surface area contributed by atoms with Crippen molar-refractivity contribution in [2.75, 3.05) is 13.2 Å². The number of alkyl halides is 3. The van der Waals surface area contributed by atoms with Crippen molar-refractivity contribution < 1.29 is 31.9 Å². The Morgan fingerprint density at radius 2 is 2.13 bits per heavy atom. The average molecular weight is 442 g/mol. The number of esters is 1. The fourth-order valence-corrected chi connectivity index (χ4v) is 4.14. The van der Waals surface area contributed by atoms with E-state index in [0.29, 0.717) is 6.07 Å². The second-order valence-electron chi connectivity index (χ2n) is 6.21. The van der Waals surface area contributed by atoms with Crippen LogP contribution in [0.25, 0.3) is 0 Å². The SMILES string of the molecule is C=CCOC(=O)/C(C#N)=C1\SC(CCc2cc(C(F)(F)F)ccc2F)C(=O)N1CC. The zero-order valence-corrected chi connectivity index (χ0v) is 16.8. The molecule has 1 fully saturated rings. The molecule has 1 aromatic carbocycles. The monoisotopic (exact) mass is 442 g/mol. The first-order valence-corrected chi connectivity index (χ1v) is 9.78. The van der Waals surface area contributed by atoms with Crippen LogP contribution < -0.4 is 0 Å². The molecule has 1 atom stereocenters. The van der Waals surface area contributed by atoms with E-state index in [0.717, 1.165) is 23.9 Å². The highest BCUT2D eigenvalue weighted by Gasteiger charge is 2.39. The Morgan fingerprint density at radius 3 is 2.70 bits per heavy atom. The molecule has 1 aromatic rings. The number of nitrogens with zero attached hydrogens (tertiary/aromatic N) is 2. The van der Waals surface area contributed by atoms with Gasteiger partial charge in [0.1, 0.15) is 23.5 Å². The lowest BCUT2D eigenvalue weighted by Crippen LogP contribution is -2.29. The summed E-state index contributed by atoms with van der Waals surface area (Å²) in [6, 6.07) is 3.86. The Bertz CT molecular complexity index is 922. The summed E-state index contributed by atoms with van der Waals surface area (Å²) in [5, 5.41) is 8.70. The van der Waals surface area contributed by atoms with E-state index in [2.05, 4.69) is 6.58 Å². The van der Waals surface area contributed by atoms with E-state index in [9.17, 15) is 32.4 Å². The number of ether oxygens (including phenoxy) is 1. The second kappa shape index (κ2) is 9.80. The molecule has 10 heteroatoms. The van der Waals surface area contributed by atoms with Gasteiger partial charge in [-0.3, -0.25) is 4.79 Å². The van der Waals surface area contributed by atoms with E-state index in [4.69, 9.17) is 4.74 Å². The molecule has 1 saturated heterocycles. The average Bonchev–Trinajstić information content (AvgIpc) is 3.00. The topological polar surface area (TPSA) is 70.4 Å². The van der Waals surface area contributed by atoms with Crippen LogP contribution in [0.1, 0.15) is 24.5 Å². The molecular formula is C20H18F4N2O3S. The highest BCUT2D eigenvalue weighted by Crippen LogP contribution is 2.39. The number of nitriles is 1. The molecule has 0 aromatic heterocycles. The number of rotatable bonds is 7. The smallest absolute Gasteiger partial charge is 0.416 e. The largest absolute Gasteiger partial charge is 0.457 e. The van der Waals surface area contributed by atoms with Crippen molar-refractivity contribution in [1.82, 2.24) is 4.90 Å². The van der Waals surface area contributed by atoms with Crippen LogP contribution in [0.3, 0.4) is 0 Å². The molecule has 0 spiro atoms. The van der Waals surface area contributed by atoms with Crippen molar-refractivity contribution in [2.45, 2.75) is 31.2 Å². The third-order valence-corrected chi connectivity index (χ3v) is 5.64. The number of hydrogen-bond donors (Lipinski definition) is 0. The summed E-state index contributed by atoms with van der Waals surface area (Å²) in [6.45, 7) is 5.12. The van der Waals surface area contributed by atoms with Crippen LogP contribution >= 0.6 is 11.8 Å². The number of carbonyl (C=O) groups is 2. The van der Waals surface area contributed by atoms with Gasteiger partial charge in [-0.2, -0.15) is 18.4 Å². The summed E-state index contributed by atoms with van der Waals surface area (Å²) in [5.74, 6) is -2.11. The molecule has 1 amide bonds. The Hall–Kier alpha value is -2.80. The first-order chi connectivity index (χ1) is 14.1. The lowest BCUT2D eigenvalue weighted by Gasteiger charge is -2.15. The first kappa shape index (κ1) is 23.5.